The Morgan fingerprint density at radius 2 is 2.00 bits per heavy atom. The van der Waals surface area contributed by atoms with E-state index in [9.17, 15) is 4.79 Å². The maximum absolute atomic E-state index is 12.0. The summed E-state index contributed by atoms with van der Waals surface area (Å²) in [5.74, 6) is 1.08. The average Bonchev–Trinajstić information content (AvgIpc) is 2.18. The van der Waals surface area contributed by atoms with Crippen molar-refractivity contribution in [3.63, 3.8) is 0 Å². The normalized spacial score (nSPS) is 29.9. The molecule has 0 amide bonds. The molecule has 0 heterocycles. The molecule has 72 valence electrons. The van der Waals surface area contributed by atoms with E-state index < -0.39 is 0 Å². The molecule has 1 nitrogen and oxygen atoms in total. The summed E-state index contributed by atoms with van der Waals surface area (Å²) in [7, 11) is 0. The van der Waals surface area contributed by atoms with Crippen molar-refractivity contribution in [2.45, 2.75) is 31.6 Å². The molecule has 1 aromatic carbocycles. The van der Waals surface area contributed by atoms with Gasteiger partial charge in [0, 0.05) is 11.8 Å². The topological polar surface area (TPSA) is 17.1 Å². The van der Waals surface area contributed by atoms with Crippen LogP contribution < -0.4 is 0 Å². The number of carbonyl (C=O) groups is 1. The lowest BCUT2D eigenvalue weighted by Gasteiger charge is -2.34. The highest BCUT2D eigenvalue weighted by Crippen LogP contribution is 2.40. The molecule has 0 spiro atoms. The minimum Gasteiger partial charge on any atom is -0.299 e. The van der Waals surface area contributed by atoms with Crippen molar-refractivity contribution in [2.24, 2.45) is 5.92 Å². The zero-order chi connectivity index (χ0) is 9.54. The predicted molar refractivity (Wildman–Crippen MR) is 55.2 cm³/mol. The van der Waals surface area contributed by atoms with Gasteiger partial charge in [-0.3, -0.25) is 4.79 Å². The zero-order valence-electron chi connectivity index (χ0n) is 8.20. The molecule has 0 aliphatic heterocycles. The van der Waals surface area contributed by atoms with Gasteiger partial charge in [-0.15, -0.1) is 0 Å². The Hall–Kier alpha value is -1.11. The van der Waals surface area contributed by atoms with E-state index in [0.717, 1.165) is 19.3 Å². The van der Waals surface area contributed by atoms with Crippen LogP contribution >= 0.6 is 0 Å². The monoisotopic (exact) mass is 186 g/mol. The Kier molecular flexibility index (Phi) is 1.73. The third-order valence-electron chi connectivity index (χ3n) is 3.69. The standard InChI is InChI=1S/C13H14O/c14-13-10-5-3-7-12(13)11-6-2-1-4-9(11)8-10/h1-2,4,6,10,12H,3,5,7-8H2/t10-,12-/m0/s1. The minimum atomic E-state index is 0.235. The number of ketones is 1. The van der Waals surface area contributed by atoms with Gasteiger partial charge in [0.25, 0.3) is 0 Å². The molecule has 0 saturated heterocycles. The maximum Gasteiger partial charge on any atom is 0.143 e. The molecule has 3 rings (SSSR count). The van der Waals surface area contributed by atoms with Crippen LogP contribution in [0.15, 0.2) is 24.3 Å². The van der Waals surface area contributed by atoms with E-state index in [1.807, 2.05) is 0 Å². The summed E-state index contributed by atoms with van der Waals surface area (Å²) in [6.07, 6.45) is 4.41. The van der Waals surface area contributed by atoms with E-state index in [2.05, 4.69) is 24.3 Å². The van der Waals surface area contributed by atoms with Gasteiger partial charge in [0.1, 0.15) is 5.78 Å². The molecule has 14 heavy (non-hydrogen) atoms. The van der Waals surface area contributed by atoms with Crippen LogP contribution in [0.5, 0.6) is 0 Å². The first-order valence-electron chi connectivity index (χ1n) is 5.48. The first kappa shape index (κ1) is 8.22. The molecule has 0 radical (unpaired) electrons. The molecule has 0 N–H and O–H groups in total. The Bertz CT molecular complexity index is 381. The number of hydrogen-bond donors (Lipinski definition) is 0. The summed E-state index contributed by atoms with van der Waals surface area (Å²) < 4.78 is 0. The predicted octanol–water partition coefficient (Wildman–Crippen LogP) is 2.70. The fourth-order valence-electron chi connectivity index (χ4n) is 2.97. The summed E-state index contributed by atoms with van der Waals surface area (Å²) >= 11 is 0. The lowest BCUT2D eigenvalue weighted by molar-refractivity contribution is -0.126. The fourth-order valence-corrected chi connectivity index (χ4v) is 2.97. The summed E-state index contributed by atoms with van der Waals surface area (Å²) in [6.45, 7) is 0. The van der Waals surface area contributed by atoms with Gasteiger partial charge >= 0.3 is 0 Å². The second-order valence-electron chi connectivity index (χ2n) is 4.49. The van der Waals surface area contributed by atoms with Crippen molar-refractivity contribution in [1.82, 2.24) is 0 Å². The van der Waals surface area contributed by atoms with Gasteiger partial charge in [-0.05, 0) is 30.4 Å². The molecule has 1 heteroatoms. The second kappa shape index (κ2) is 2.94. The first-order valence-corrected chi connectivity index (χ1v) is 5.48. The maximum atomic E-state index is 12.0. The summed E-state index contributed by atoms with van der Waals surface area (Å²) in [6, 6.07) is 8.47. The average molecular weight is 186 g/mol. The Morgan fingerprint density at radius 3 is 2.93 bits per heavy atom. The van der Waals surface area contributed by atoms with Gasteiger partial charge in [0.2, 0.25) is 0 Å². The first-order chi connectivity index (χ1) is 6.86. The third kappa shape index (κ3) is 1.05. The van der Waals surface area contributed by atoms with E-state index in [0.29, 0.717) is 11.7 Å². The number of fused-ring (bicyclic) bond motifs is 4. The highest BCUT2D eigenvalue weighted by Gasteiger charge is 2.37. The molecule has 0 aromatic heterocycles. The van der Waals surface area contributed by atoms with Crippen LogP contribution in [0.4, 0.5) is 0 Å². The smallest absolute Gasteiger partial charge is 0.143 e. The third-order valence-corrected chi connectivity index (χ3v) is 3.69. The van der Waals surface area contributed by atoms with Crippen LogP contribution in [-0.4, -0.2) is 5.78 Å². The van der Waals surface area contributed by atoms with Crippen LogP contribution in [0.1, 0.15) is 36.3 Å². The second-order valence-corrected chi connectivity index (χ2v) is 4.49. The molecule has 2 atom stereocenters. The number of carbonyl (C=O) groups excluding carboxylic acids is 1. The summed E-state index contributed by atoms with van der Waals surface area (Å²) in [4.78, 5) is 12.0. The summed E-state index contributed by atoms with van der Waals surface area (Å²) in [5.41, 5.74) is 2.73. The molecule has 2 bridgehead atoms. The molecule has 1 saturated carbocycles. The van der Waals surface area contributed by atoms with Gasteiger partial charge < -0.3 is 0 Å². The van der Waals surface area contributed by atoms with E-state index in [1.165, 1.54) is 17.5 Å². The van der Waals surface area contributed by atoms with Crippen LogP contribution in [0, 0.1) is 5.92 Å². The van der Waals surface area contributed by atoms with Crippen LogP contribution in [0.25, 0.3) is 0 Å². The number of benzene rings is 1. The minimum absolute atomic E-state index is 0.235. The SMILES string of the molecule is O=C1[C@H]2CCC[C@H]1c1ccccc1C2. The van der Waals surface area contributed by atoms with Crippen molar-refractivity contribution in [3.8, 4) is 0 Å². The van der Waals surface area contributed by atoms with E-state index >= 15 is 0 Å². The van der Waals surface area contributed by atoms with Crippen molar-refractivity contribution in [3.05, 3.63) is 35.4 Å². The number of Topliss-reactive ketones (excluding diaryl/α,β-unsaturated/α-hetero) is 1. The Balaban J connectivity index is 2.13. The van der Waals surface area contributed by atoms with Gasteiger partial charge in [0.15, 0.2) is 0 Å². The van der Waals surface area contributed by atoms with Crippen molar-refractivity contribution >= 4 is 5.78 Å². The molecular formula is C13H14O. The molecule has 0 unspecified atom stereocenters. The van der Waals surface area contributed by atoms with Gasteiger partial charge in [-0.2, -0.15) is 0 Å². The Morgan fingerprint density at radius 1 is 1.14 bits per heavy atom. The van der Waals surface area contributed by atoms with E-state index in [1.54, 1.807) is 0 Å². The van der Waals surface area contributed by atoms with Gasteiger partial charge in [-0.1, -0.05) is 30.7 Å². The van der Waals surface area contributed by atoms with Crippen molar-refractivity contribution < 1.29 is 4.79 Å². The lowest BCUT2D eigenvalue weighted by atomic mass is 9.68. The zero-order valence-corrected chi connectivity index (χ0v) is 8.20. The molecule has 1 aromatic rings. The molecule has 1 fully saturated rings. The van der Waals surface area contributed by atoms with Crippen LogP contribution in [-0.2, 0) is 11.2 Å². The lowest BCUT2D eigenvalue weighted by Crippen LogP contribution is -2.33. The molecule has 2 aliphatic carbocycles. The van der Waals surface area contributed by atoms with E-state index in [4.69, 9.17) is 0 Å². The van der Waals surface area contributed by atoms with Crippen LogP contribution in [0.3, 0.4) is 0 Å². The Labute approximate surface area is 84.1 Å². The summed E-state index contributed by atoms with van der Waals surface area (Å²) in [5, 5.41) is 0. The van der Waals surface area contributed by atoms with Gasteiger partial charge in [-0.25, -0.2) is 0 Å². The molecule has 2 aliphatic rings. The quantitative estimate of drug-likeness (QED) is 0.609. The highest BCUT2D eigenvalue weighted by atomic mass is 16.1. The number of hydrogen-bond acceptors (Lipinski definition) is 1. The largest absolute Gasteiger partial charge is 0.299 e. The van der Waals surface area contributed by atoms with Crippen molar-refractivity contribution in [1.29, 1.82) is 0 Å². The van der Waals surface area contributed by atoms with Crippen molar-refractivity contribution in [2.75, 3.05) is 0 Å². The van der Waals surface area contributed by atoms with Gasteiger partial charge in [0.05, 0.1) is 0 Å². The van der Waals surface area contributed by atoms with Crippen LogP contribution in [0.2, 0.25) is 0 Å². The molecular weight excluding hydrogens is 172 g/mol. The fraction of sp³-hybridized carbons (Fsp3) is 0.462. The van der Waals surface area contributed by atoms with E-state index in [-0.39, 0.29) is 5.92 Å². The highest BCUT2D eigenvalue weighted by molar-refractivity contribution is 5.90. The number of rotatable bonds is 0.